The molecule has 0 fully saturated rings. The first kappa shape index (κ1) is 31.0. The molecular formula is C42H36Cl2N2O2. The number of hydrogen-bond acceptors (Lipinski definition) is 4. The van der Waals surface area contributed by atoms with Crippen LogP contribution in [0, 0.1) is 0 Å². The summed E-state index contributed by atoms with van der Waals surface area (Å²) < 4.78 is 5.54. The highest BCUT2D eigenvalue weighted by Gasteiger charge is 2.54. The number of fused-ring (bicyclic) bond motifs is 8. The number of aromatic nitrogens is 2. The van der Waals surface area contributed by atoms with Crippen LogP contribution >= 0.6 is 23.2 Å². The van der Waals surface area contributed by atoms with Crippen molar-refractivity contribution in [3.8, 4) is 22.5 Å². The van der Waals surface area contributed by atoms with Gasteiger partial charge in [0.25, 0.3) is 0 Å². The van der Waals surface area contributed by atoms with E-state index in [0.29, 0.717) is 29.5 Å². The minimum absolute atomic E-state index is 0.201. The molecule has 6 heteroatoms. The standard InChI is InChI=1S/C42H36Cl2N2O2/c1-3-5-19-41(32-23-28(43)14-16-30(32)39-34(41)21-26-10-6-8-12-36(26)45-39)25-42(20-18-38(47)48-4-2)33-24-29(44)15-17-31(33)40-35(42)22-27-11-7-9-13-37(27)46-40/h6-17,21-24H,3-5,18-20,25H2,1-2H3/t41-,42+/m1/s1. The van der Waals surface area contributed by atoms with Crippen LogP contribution in [-0.4, -0.2) is 22.5 Å². The molecule has 8 rings (SSSR count). The lowest BCUT2D eigenvalue weighted by Crippen LogP contribution is -2.38. The van der Waals surface area contributed by atoms with E-state index < -0.39 is 10.8 Å². The van der Waals surface area contributed by atoms with Crippen LogP contribution in [0.5, 0.6) is 0 Å². The summed E-state index contributed by atoms with van der Waals surface area (Å²) in [6.07, 6.45) is 4.46. The summed E-state index contributed by atoms with van der Waals surface area (Å²) in [6, 6.07) is 33.7. The molecule has 2 aliphatic rings. The van der Waals surface area contributed by atoms with Crippen molar-refractivity contribution in [2.24, 2.45) is 0 Å². The first-order valence-corrected chi connectivity index (χ1v) is 17.7. The highest BCUT2D eigenvalue weighted by molar-refractivity contribution is 6.31. The van der Waals surface area contributed by atoms with Crippen molar-refractivity contribution in [1.29, 1.82) is 0 Å². The molecule has 240 valence electrons. The van der Waals surface area contributed by atoms with Gasteiger partial charge in [-0.25, -0.2) is 9.97 Å². The van der Waals surface area contributed by atoms with E-state index >= 15 is 0 Å². The maximum atomic E-state index is 13.2. The average molecular weight is 672 g/mol. The number of carbonyl (C=O) groups excluding carboxylic acids is 1. The molecule has 4 aromatic carbocycles. The van der Waals surface area contributed by atoms with Crippen LogP contribution in [0.4, 0.5) is 0 Å². The zero-order chi connectivity index (χ0) is 33.0. The summed E-state index contributed by atoms with van der Waals surface area (Å²) in [5, 5.41) is 3.55. The van der Waals surface area contributed by atoms with Crippen LogP contribution in [0.2, 0.25) is 10.0 Å². The molecular weight excluding hydrogens is 635 g/mol. The van der Waals surface area contributed by atoms with Crippen LogP contribution in [-0.2, 0) is 20.4 Å². The van der Waals surface area contributed by atoms with E-state index in [1.165, 1.54) is 11.1 Å². The van der Waals surface area contributed by atoms with E-state index in [0.717, 1.165) is 74.7 Å². The zero-order valence-corrected chi connectivity index (χ0v) is 28.7. The molecule has 0 radical (unpaired) electrons. The Morgan fingerprint density at radius 1 is 0.667 bits per heavy atom. The Labute approximate surface area is 291 Å². The van der Waals surface area contributed by atoms with Gasteiger partial charge in [-0.05, 0) is 97.0 Å². The predicted octanol–water partition coefficient (Wildman–Crippen LogP) is 11.2. The number of hydrogen-bond donors (Lipinski definition) is 0. The second-order valence-electron chi connectivity index (χ2n) is 13.3. The number of esters is 1. The SMILES string of the molecule is CCCC[C@@]1(C[C@@]2(CCC(=O)OCC)c3cc(Cl)ccc3-c3nc4ccccc4cc32)c2cc(Cl)ccc2-c2nc3ccccc3cc21. The number of nitrogens with zero attached hydrogens (tertiary/aromatic N) is 2. The fourth-order valence-electron chi connectivity index (χ4n) is 8.54. The quantitative estimate of drug-likeness (QED) is 0.144. The van der Waals surface area contributed by atoms with Crippen molar-refractivity contribution in [2.75, 3.05) is 6.61 Å². The van der Waals surface area contributed by atoms with Gasteiger partial charge in [-0.2, -0.15) is 0 Å². The van der Waals surface area contributed by atoms with Crippen molar-refractivity contribution < 1.29 is 9.53 Å². The Bertz CT molecular complexity index is 2250. The molecule has 0 saturated carbocycles. The third-order valence-electron chi connectivity index (χ3n) is 10.6. The smallest absolute Gasteiger partial charge is 0.305 e. The lowest BCUT2D eigenvalue weighted by Gasteiger charge is -2.43. The maximum absolute atomic E-state index is 13.2. The van der Waals surface area contributed by atoms with Gasteiger partial charge >= 0.3 is 5.97 Å². The van der Waals surface area contributed by atoms with Crippen molar-refractivity contribution in [1.82, 2.24) is 9.97 Å². The Balaban J connectivity index is 1.45. The molecule has 0 N–H and O–H groups in total. The normalized spacial score (nSPS) is 18.8. The number of pyridine rings is 2. The first-order chi connectivity index (χ1) is 23.4. The molecule has 48 heavy (non-hydrogen) atoms. The summed E-state index contributed by atoms with van der Waals surface area (Å²) in [7, 11) is 0. The number of carbonyl (C=O) groups is 1. The van der Waals surface area contributed by atoms with E-state index in [-0.39, 0.29) is 12.4 Å². The number of benzene rings is 4. The van der Waals surface area contributed by atoms with Gasteiger partial charge in [-0.1, -0.05) is 91.5 Å². The highest BCUT2D eigenvalue weighted by Crippen LogP contribution is 2.62. The van der Waals surface area contributed by atoms with Crippen molar-refractivity contribution in [3.05, 3.63) is 129 Å². The Kier molecular flexibility index (Phi) is 7.77. The third kappa shape index (κ3) is 4.83. The molecule has 6 aromatic rings. The Morgan fingerprint density at radius 2 is 1.19 bits per heavy atom. The van der Waals surface area contributed by atoms with E-state index in [9.17, 15) is 4.79 Å². The molecule has 0 saturated heterocycles. The van der Waals surface area contributed by atoms with Gasteiger partial charge in [0.2, 0.25) is 0 Å². The lowest BCUT2D eigenvalue weighted by molar-refractivity contribution is -0.143. The molecule has 0 amide bonds. The van der Waals surface area contributed by atoms with Crippen molar-refractivity contribution in [2.45, 2.75) is 63.2 Å². The summed E-state index contributed by atoms with van der Waals surface area (Å²) >= 11 is 13.7. The van der Waals surface area contributed by atoms with Gasteiger partial charge in [0.1, 0.15) is 0 Å². The van der Waals surface area contributed by atoms with Gasteiger partial charge in [-0.3, -0.25) is 4.79 Å². The van der Waals surface area contributed by atoms with Gasteiger partial charge in [0.05, 0.1) is 29.0 Å². The van der Waals surface area contributed by atoms with E-state index in [1.54, 1.807) is 0 Å². The summed E-state index contributed by atoms with van der Waals surface area (Å²) in [6.45, 7) is 4.44. The van der Waals surface area contributed by atoms with E-state index in [1.807, 2.05) is 31.2 Å². The summed E-state index contributed by atoms with van der Waals surface area (Å²) in [5.41, 5.74) is 9.66. The van der Waals surface area contributed by atoms with E-state index in [4.69, 9.17) is 37.9 Å². The van der Waals surface area contributed by atoms with Gasteiger partial charge in [-0.15, -0.1) is 0 Å². The third-order valence-corrected chi connectivity index (χ3v) is 11.1. The summed E-state index contributed by atoms with van der Waals surface area (Å²) in [4.78, 5) is 23.8. The number of halogens is 2. The Morgan fingerprint density at radius 3 is 1.71 bits per heavy atom. The fraction of sp³-hybridized carbons (Fsp3) is 0.262. The van der Waals surface area contributed by atoms with E-state index in [2.05, 4.69) is 79.7 Å². The minimum Gasteiger partial charge on any atom is -0.466 e. The van der Waals surface area contributed by atoms with Gasteiger partial charge in [0, 0.05) is 49.2 Å². The molecule has 0 spiro atoms. The lowest BCUT2D eigenvalue weighted by atomic mass is 9.59. The second kappa shape index (κ2) is 12.0. The average Bonchev–Trinajstić information content (AvgIpc) is 3.49. The van der Waals surface area contributed by atoms with Gasteiger partial charge in [0.15, 0.2) is 0 Å². The number of ether oxygens (including phenoxy) is 1. The molecule has 0 aliphatic heterocycles. The number of rotatable bonds is 9. The molecule has 2 heterocycles. The van der Waals surface area contributed by atoms with Crippen LogP contribution in [0.15, 0.2) is 97.1 Å². The maximum Gasteiger partial charge on any atom is 0.305 e. The largest absolute Gasteiger partial charge is 0.466 e. The topological polar surface area (TPSA) is 52.1 Å². The molecule has 2 aliphatic carbocycles. The summed E-state index contributed by atoms with van der Waals surface area (Å²) in [5.74, 6) is -0.201. The van der Waals surface area contributed by atoms with Crippen molar-refractivity contribution in [3.63, 3.8) is 0 Å². The highest BCUT2D eigenvalue weighted by atomic mass is 35.5. The number of unbranched alkanes of at least 4 members (excludes halogenated alkanes) is 1. The molecule has 0 unspecified atom stereocenters. The minimum atomic E-state index is -0.611. The molecule has 4 nitrogen and oxygen atoms in total. The predicted molar refractivity (Wildman–Crippen MR) is 196 cm³/mol. The number of para-hydroxylation sites is 2. The van der Waals surface area contributed by atoms with Gasteiger partial charge < -0.3 is 4.74 Å². The van der Waals surface area contributed by atoms with Crippen LogP contribution < -0.4 is 0 Å². The fourth-order valence-corrected chi connectivity index (χ4v) is 8.88. The molecule has 2 aromatic heterocycles. The monoisotopic (exact) mass is 670 g/mol. The van der Waals surface area contributed by atoms with Crippen molar-refractivity contribution >= 4 is 51.0 Å². The van der Waals surface area contributed by atoms with Crippen LogP contribution in [0.1, 0.15) is 74.6 Å². The molecule has 2 atom stereocenters. The molecule has 0 bridgehead atoms. The van der Waals surface area contributed by atoms with Crippen LogP contribution in [0.25, 0.3) is 44.3 Å². The first-order valence-electron chi connectivity index (χ1n) is 16.9. The zero-order valence-electron chi connectivity index (χ0n) is 27.2. The van der Waals surface area contributed by atoms with Crippen LogP contribution in [0.3, 0.4) is 0 Å². The second-order valence-corrected chi connectivity index (χ2v) is 14.2. The Hall–Kier alpha value is -4.25.